The van der Waals surface area contributed by atoms with Crippen molar-refractivity contribution in [3.8, 4) is 5.75 Å². The van der Waals surface area contributed by atoms with Crippen molar-refractivity contribution in [2.45, 2.75) is 25.7 Å². The van der Waals surface area contributed by atoms with Gasteiger partial charge >= 0.3 is 12.1 Å². The van der Waals surface area contributed by atoms with Crippen molar-refractivity contribution in [1.29, 1.82) is 0 Å². The van der Waals surface area contributed by atoms with E-state index in [2.05, 4.69) is 5.32 Å². The molecule has 176 valence electrons. The van der Waals surface area contributed by atoms with Crippen LogP contribution in [-0.2, 0) is 30.5 Å². The van der Waals surface area contributed by atoms with Crippen LogP contribution in [0.5, 0.6) is 5.75 Å². The minimum Gasteiger partial charge on any atom is -0.497 e. The maximum Gasteiger partial charge on any atom is 0.416 e. The Bertz CT molecular complexity index is 1310. The fraction of sp³-hybridized carbons (Fsp3) is 0.192. The number of carboxylic acids is 1. The van der Waals surface area contributed by atoms with Gasteiger partial charge in [-0.15, -0.1) is 0 Å². The van der Waals surface area contributed by atoms with Gasteiger partial charge in [-0.3, -0.25) is 4.79 Å². The van der Waals surface area contributed by atoms with E-state index in [9.17, 15) is 23.1 Å². The molecule has 3 aromatic carbocycles. The lowest BCUT2D eigenvalue weighted by Crippen LogP contribution is -2.12. The zero-order valence-electron chi connectivity index (χ0n) is 18.4. The van der Waals surface area contributed by atoms with Crippen molar-refractivity contribution in [2.24, 2.45) is 0 Å². The van der Waals surface area contributed by atoms with Crippen LogP contribution in [0.1, 0.15) is 22.3 Å². The van der Waals surface area contributed by atoms with E-state index < -0.39 is 17.7 Å². The van der Waals surface area contributed by atoms with Gasteiger partial charge in [-0.2, -0.15) is 13.2 Å². The molecule has 1 aromatic heterocycles. The molecule has 5 nitrogen and oxygen atoms in total. The van der Waals surface area contributed by atoms with Crippen molar-refractivity contribution >= 4 is 22.7 Å². The van der Waals surface area contributed by atoms with Gasteiger partial charge in [0, 0.05) is 24.0 Å². The lowest BCUT2D eigenvalue weighted by Gasteiger charge is -2.15. The number of halogens is 3. The largest absolute Gasteiger partial charge is 0.497 e. The summed E-state index contributed by atoms with van der Waals surface area (Å²) in [5, 5.41) is 13.5. The topological polar surface area (TPSA) is 63.5 Å². The molecule has 0 bridgehead atoms. The van der Waals surface area contributed by atoms with Crippen LogP contribution in [0, 0.1) is 0 Å². The Morgan fingerprint density at radius 2 is 1.74 bits per heavy atom. The second-order valence-corrected chi connectivity index (χ2v) is 7.90. The van der Waals surface area contributed by atoms with Gasteiger partial charge in [-0.05, 0) is 41.5 Å². The highest BCUT2D eigenvalue weighted by atomic mass is 19.4. The zero-order valence-corrected chi connectivity index (χ0v) is 18.4. The van der Waals surface area contributed by atoms with Crippen LogP contribution >= 0.6 is 0 Å². The predicted octanol–water partition coefficient (Wildman–Crippen LogP) is 5.96. The Labute approximate surface area is 194 Å². The molecule has 4 rings (SSSR count). The summed E-state index contributed by atoms with van der Waals surface area (Å²) in [6.45, 7) is 0.549. The summed E-state index contributed by atoms with van der Waals surface area (Å²) in [7, 11) is 1.53. The van der Waals surface area contributed by atoms with Crippen LogP contribution in [0.25, 0.3) is 10.9 Å². The maximum absolute atomic E-state index is 13.2. The highest BCUT2D eigenvalue weighted by Crippen LogP contribution is 2.35. The molecule has 8 heteroatoms. The van der Waals surface area contributed by atoms with E-state index in [-0.39, 0.29) is 13.0 Å². The van der Waals surface area contributed by atoms with Crippen molar-refractivity contribution in [3.05, 3.63) is 95.1 Å². The number of nitrogens with one attached hydrogen (secondary N) is 1. The average Bonchev–Trinajstić information content (AvgIpc) is 3.09. The third kappa shape index (κ3) is 5.01. The Hall–Kier alpha value is -3.94. The first-order valence-corrected chi connectivity index (χ1v) is 10.6. The van der Waals surface area contributed by atoms with Crippen LogP contribution in [-0.4, -0.2) is 22.8 Å². The van der Waals surface area contributed by atoms with E-state index >= 15 is 0 Å². The molecule has 0 radical (unpaired) electrons. The Balaban J connectivity index is 1.80. The first kappa shape index (κ1) is 23.2. The third-order valence-electron chi connectivity index (χ3n) is 5.60. The number of anilines is 1. The zero-order chi connectivity index (χ0) is 24.3. The van der Waals surface area contributed by atoms with E-state index in [1.165, 1.54) is 13.2 Å². The Morgan fingerprint density at radius 3 is 2.41 bits per heavy atom. The SMILES string of the molecule is COc1ccc2c(c1)c(CC(=O)O)c(NCc1cccc(C(F)(F)F)c1)n2Cc1ccccc1. The molecule has 2 N–H and O–H groups in total. The minimum atomic E-state index is -4.44. The number of fused-ring (bicyclic) bond motifs is 1. The highest BCUT2D eigenvalue weighted by molar-refractivity contribution is 5.94. The summed E-state index contributed by atoms with van der Waals surface area (Å²) >= 11 is 0. The monoisotopic (exact) mass is 468 g/mol. The quantitative estimate of drug-likeness (QED) is 0.335. The normalized spacial score (nSPS) is 11.5. The number of rotatable bonds is 8. The standard InChI is InChI=1S/C26H23F3N2O3/c1-34-20-10-11-23-21(13-20)22(14-24(32)33)25(31(23)16-17-6-3-2-4-7-17)30-15-18-8-5-9-19(12-18)26(27,28)29/h2-13,30H,14-16H2,1H3,(H,32,33). The highest BCUT2D eigenvalue weighted by Gasteiger charge is 2.30. The smallest absolute Gasteiger partial charge is 0.416 e. The molecule has 0 atom stereocenters. The van der Waals surface area contributed by atoms with Gasteiger partial charge < -0.3 is 19.7 Å². The molecule has 0 spiro atoms. The predicted molar refractivity (Wildman–Crippen MR) is 124 cm³/mol. The number of hydrogen-bond acceptors (Lipinski definition) is 3. The van der Waals surface area contributed by atoms with Gasteiger partial charge in [0.15, 0.2) is 0 Å². The van der Waals surface area contributed by atoms with Crippen LogP contribution in [0.2, 0.25) is 0 Å². The van der Waals surface area contributed by atoms with Crippen LogP contribution < -0.4 is 10.1 Å². The third-order valence-corrected chi connectivity index (χ3v) is 5.60. The van der Waals surface area contributed by atoms with Crippen LogP contribution in [0.15, 0.2) is 72.8 Å². The van der Waals surface area contributed by atoms with E-state index in [0.717, 1.165) is 23.2 Å². The number of nitrogens with zero attached hydrogens (tertiary/aromatic N) is 1. The Kier molecular flexibility index (Phi) is 6.49. The molecule has 1 heterocycles. The number of carbonyl (C=O) groups is 1. The van der Waals surface area contributed by atoms with E-state index in [1.807, 2.05) is 41.0 Å². The average molecular weight is 468 g/mol. The molecule has 0 aliphatic rings. The molecule has 0 saturated heterocycles. The summed E-state index contributed by atoms with van der Waals surface area (Å²) in [5.41, 5.74) is 2.05. The summed E-state index contributed by atoms with van der Waals surface area (Å²) in [6, 6.07) is 20.2. The molecule has 34 heavy (non-hydrogen) atoms. The summed E-state index contributed by atoms with van der Waals surface area (Å²) < 4.78 is 46.8. The first-order valence-electron chi connectivity index (χ1n) is 10.6. The van der Waals surface area contributed by atoms with Gasteiger partial charge in [0.25, 0.3) is 0 Å². The van der Waals surface area contributed by atoms with Gasteiger partial charge in [-0.1, -0.05) is 42.5 Å². The molecule has 0 aliphatic carbocycles. The Morgan fingerprint density at radius 1 is 1.00 bits per heavy atom. The number of carboxylic acid groups (broad SMARTS) is 1. The van der Waals surface area contributed by atoms with Gasteiger partial charge in [0.1, 0.15) is 11.6 Å². The van der Waals surface area contributed by atoms with Crippen molar-refractivity contribution in [2.75, 3.05) is 12.4 Å². The number of benzene rings is 3. The summed E-state index contributed by atoms with van der Waals surface area (Å²) in [5.74, 6) is 0.121. The molecule has 0 amide bonds. The van der Waals surface area contributed by atoms with Gasteiger partial charge in [-0.25, -0.2) is 0 Å². The van der Waals surface area contributed by atoms with Crippen molar-refractivity contribution in [1.82, 2.24) is 4.57 Å². The molecule has 0 unspecified atom stereocenters. The van der Waals surface area contributed by atoms with E-state index in [0.29, 0.717) is 34.6 Å². The lowest BCUT2D eigenvalue weighted by molar-refractivity contribution is -0.138. The molecule has 0 aliphatic heterocycles. The van der Waals surface area contributed by atoms with Gasteiger partial charge in [0.2, 0.25) is 0 Å². The second-order valence-electron chi connectivity index (χ2n) is 7.90. The number of aliphatic carboxylic acids is 1. The van der Waals surface area contributed by atoms with Crippen LogP contribution in [0.4, 0.5) is 19.0 Å². The fourth-order valence-electron chi connectivity index (χ4n) is 4.04. The number of ether oxygens (including phenoxy) is 1. The van der Waals surface area contributed by atoms with E-state index in [1.54, 1.807) is 18.2 Å². The molecule has 0 saturated carbocycles. The maximum atomic E-state index is 13.2. The molecule has 0 fully saturated rings. The number of alkyl halides is 3. The minimum absolute atomic E-state index is 0.0960. The first-order chi connectivity index (χ1) is 16.3. The molecular formula is C26H23F3N2O3. The number of aromatic nitrogens is 1. The van der Waals surface area contributed by atoms with E-state index in [4.69, 9.17) is 4.74 Å². The summed E-state index contributed by atoms with van der Waals surface area (Å²) in [4.78, 5) is 11.7. The molecular weight excluding hydrogens is 445 g/mol. The fourth-order valence-corrected chi connectivity index (χ4v) is 4.04. The number of hydrogen-bond donors (Lipinski definition) is 2. The van der Waals surface area contributed by atoms with Crippen molar-refractivity contribution in [3.63, 3.8) is 0 Å². The van der Waals surface area contributed by atoms with Crippen LogP contribution in [0.3, 0.4) is 0 Å². The van der Waals surface area contributed by atoms with Gasteiger partial charge in [0.05, 0.1) is 24.6 Å². The molecule has 4 aromatic rings. The second kappa shape index (κ2) is 9.51. The lowest BCUT2D eigenvalue weighted by atomic mass is 10.1. The number of methoxy groups -OCH3 is 1. The van der Waals surface area contributed by atoms with Crippen molar-refractivity contribution < 1.29 is 27.8 Å². The summed E-state index contributed by atoms with van der Waals surface area (Å²) in [6.07, 6.45) is -4.69.